The van der Waals surface area contributed by atoms with Crippen molar-refractivity contribution < 1.29 is 9.53 Å². The van der Waals surface area contributed by atoms with Crippen LogP contribution in [0.5, 0.6) is 0 Å². The fourth-order valence-corrected chi connectivity index (χ4v) is 1.66. The predicted octanol–water partition coefficient (Wildman–Crippen LogP) is 1.85. The van der Waals surface area contributed by atoms with Crippen LogP contribution >= 0.6 is 0 Å². The average Bonchev–Trinajstić information content (AvgIpc) is 2.89. The second kappa shape index (κ2) is 6.08. The zero-order valence-corrected chi connectivity index (χ0v) is 11.0. The van der Waals surface area contributed by atoms with Crippen molar-refractivity contribution >= 4 is 5.97 Å². The molecule has 0 bridgehead atoms. The third-order valence-electron chi connectivity index (χ3n) is 2.62. The first kappa shape index (κ1) is 13.2. The van der Waals surface area contributed by atoms with Crippen molar-refractivity contribution in [3.05, 3.63) is 30.3 Å². The third kappa shape index (κ3) is 3.37. The molecule has 19 heavy (non-hydrogen) atoms. The molecule has 0 spiro atoms. The summed E-state index contributed by atoms with van der Waals surface area (Å²) >= 11 is 0. The first-order valence-electron chi connectivity index (χ1n) is 6.21. The number of hydrogen-bond donors (Lipinski definition) is 0. The summed E-state index contributed by atoms with van der Waals surface area (Å²) in [5.41, 5.74) is 0.900. The van der Waals surface area contributed by atoms with Crippen molar-refractivity contribution in [2.24, 2.45) is 0 Å². The van der Waals surface area contributed by atoms with Gasteiger partial charge in [-0.25, -0.2) is 0 Å². The fraction of sp³-hybridized carbons (Fsp3) is 0.385. The van der Waals surface area contributed by atoms with Gasteiger partial charge >= 0.3 is 5.97 Å². The van der Waals surface area contributed by atoms with E-state index in [1.807, 2.05) is 37.3 Å². The molecule has 0 fully saturated rings. The molecule has 6 heteroatoms. The minimum Gasteiger partial charge on any atom is -0.466 e. The molecule has 2 rings (SSSR count). The van der Waals surface area contributed by atoms with E-state index in [0.717, 1.165) is 5.56 Å². The van der Waals surface area contributed by atoms with E-state index in [1.54, 1.807) is 6.92 Å². The van der Waals surface area contributed by atoms with Crippen LogP contribution in [0.2, 0.25) is 0 Å². The van der Waals surface area contributed by atoms with Gasteiger partial charge in [0, 0.05) is 5.56 Å². The molecular weight excluding hydrogens is 244 g/mol. The number of nitrogens with zero attached hydrogens (tertiary/aromatic N) is 4. The lowest BCUT2D eigenvalue weighted by atomic mass is 10.2. The van der Waals surface area contributed by atoms with Gasteiger partial charge in [0.15, 0.2) is 0 Å². The van der Waals surface area contributed by atoms with Gasteiger partial charge in [0.1, 0.15) is 0 Å². The van der Waals surface area contributed by atoms with E-state index >= 15 is 0 Å². The Morgan fingerprint density at radius 3 is 2.79 bits per heavy atom. The maximum atomic E-state index is 11.4. The summed E-state index contributed by atoms with van der Waals surface area (Å²) in [5.74, 6) is 0.296. The summed E-state index contributed by atoms with van der Waals surface area (Å²) in [6.07, 6.45) is 0.235. The average molecular weight is 260 g/mol. The largest absolute Gasteiger partial charge is 0.466 e. The predicted molar refractivity (Wildman–Crippen MR) is 69.2 cm³/mol. The zero-order chi connectivity index (χ0) is 13.7. The lowest BCUT2D eigenvalue weighted by molar-refractivity contribution is -0.144. The Bertz CT molecular complexity index is 539. The van der Waals surface area contributed by atoms with Crippen LogP contribution in [0.4, 0.5) is 0 Å². The van der Waals surface area contributed by atoms with Crippen LogP contribution in [0, 0.1) is 0 Å². The van der Waals surface area contributed by atoms with E-state index in [2.05, 4.69) is 15.4 Å². The fourth-order valence-electron chi connectivity index (χ4n) is 1.66. The third-order valence-corrected chi connectivity index (χ3v) is 2.62. The Morgan fingerprint density at radius 1 is 1.37 bits per heavy atom. The van der Waals surface area contributed by atoms with Crippen LogP contribution < -0.4 is 0 Å². The molecule has 1 unspecified atom stereocenters. The van der Waals surface area contributed by atoms with Gasteiger partial charge in [0.2, 0.25) is 5.82 Å². The van der Waals surface area contributed by atoms with Crippen molar-refractivity contribution in [2.75, 3.05) is 6.61 Å². The molecule has 0 radical (unpaired) electrons. The molecule has 1 aromatic carbocycles. The zero-order valence-electron chi connectivity index (χ0n) is 11.0. The highest BCUT2D eigenvalue weighted by atomic mass is 16.5. The Morgan fingerprint density at radius 2 is 2.11 bits per heavy atom. The minimum atomic E-state index is -0.256. The lowest BCUT2D eigenvalue weighted by Gasteiger charge is -2.08. The molecule has 2 aromatic rings. The Labute approximate surface area is 111 Å². The summed E-state index contributed by atoms with van der Waals surface area (Å²) in [4.78, 5) is 12.8. The maximum absolute atomic E-state index is 11.4. The van der Waals surface area contributed by atoms with Gasteiger partial charge in [-0.1, -0.05) is 30.3 Å². The molecule has 1 aromatic heterocycles. The Hall–Kier alpha value is -2.24. The highest BCUT2D eigenvalue weighted by Crippen LogP contribution is 2.14. The van der Waals surface area contributed by atoms with Crippen LogP contribution in [0.3, 0.4) is 0 Å². The smallest absolute Gasteiger partial charge is 0.308 e. The maximum Gasteiger partial charge on any atom is 0.308 e. The highest BCUT2D eigenvalue weighted by molar-refractivity contribution is 5.69. The second-order valence-electron chi connectivity index (χ2n) is 4.16. The molecule has 0 aliphatic rings. The highest BCUT2D eigenvalue weighted by Gasteiger charge is 2.15. The van der Waals surface area contributed by atoms with Crippen molar-refractivity contribution in [3.63, 3.8) is 0 Å². The minimum absolute atomic E-state index is 0.177. The molecule has 1 heterocycles. The summed E-state index contributed by atoms with van der Waals surface area (Å²) in [6, 6.07) is 9.41. The molecule has 0 saturated heterocycles. The van der Waals surface area contributed by atoms with E-state index in [4.69, 9.17) is 4.74 Å². The molecule has 6 nitrogen and oxygen atoms in total. The van der Waals surface area contributed by atoms with Gasteiger partial charge in [-0.15, -0.1) is 10.2 Å². The van der Waals surface area contributed by atoms with E-state index in [0.29, 0.717) is 12.4 Å². The number of hydrogen-bond acceptors (Lipinski definition) is 5. The first-order chi connectivity index (χ1) is 9.20. The van der Waals surface area contributed by atoms with E-state index in [9.17, 15) is 4.79 Å². The van der Waals surface area contributed by atoms with Gasteiger partial charge in [0.25, 0.3) is 0 Å². The van der Waals surface area contributed by atoms with Gasteiger partial charge in [-0.05, 0) is 19.1 Å². The van der Waals surface area contributed by atoms with Crippen molar-refractivity contribution in [2.45, 2.75) is 26.3 Å². The van der Waals surface area contributed by atoms with Crippen LogP contribution in [-0.4, -0.2) is 32.8 Å². The first-order valence-corrected chi connectivity index (χ1v) is 6.21. The standard InChI is InChI=1S/C13H16N4O2/c1-3-19-12(18)9-10(2)17-15-13(14-16-17)11-7-5-4-6-8-11/h4-8,10H,3,9H2,1-2H3. The summed E-state index contributed by atoms with van der Waals surface area (Å²) in [7, 11) is 0. The summed E-state index contributed by atoms with van der Waals surface area (Å²) in [5, 5.41) is 12.2. The molecule has 0 aliphatic carbocycles. The van der Waals surface area contributed by atoms with Crippen molar-refractivity contribution in [1.29, 1.82) is 0 Å². The van der Waals surface area contributed by atoms with Crippen molar-refractivity contribution in [3.8, 4) is 11.4 Å². The number of benzene rings is 1. The van der Waals surface area contributed by atoms with Crippen LogP contribution in [0.15, 0.2) is 30.3 Å². The Kier molecular flexibility index (Phi) is 4.22. The number of ether oxygens (including phenoxy) is 1. The van der Waals surface area contributed by atoms with E-state index < -0.39 is 0 Å². The van der Waals surface area contributed by atoms with Crippen LogP contribution in [0.25, 0.3) is 11.4 Å². The quantitative estimate of drug-likeness (QED) is 0.767. The van der Waals surface area contributed by atoms with Gasteiger partial charge in [0.05, 0.1) is 19.1 Å². The van der Waals surface area contributed by atoms with Gasteiger partial charge < -0.3 is 4.74 Å². The van der Waals surface area contributed by atoms with Crippen LogP contribution in [0.1, 0.15) is 26.3 Å². The summed E-state index contributed by atoms with van der Waals surface area (Å²) in [6.45, 7) is 4.02. The number of aromatic nitrogens is 4. The number of carbonyl (C=O) groups is 1. The molecule has 0 amide bonds. The molecular formula is C13H16N4O2. The molecule has 100 valence electrons. The number of esters is 1. The van der Waals surface area contributed by atoms with Crippen molar-refractivity contribution in [1.82, 2.24) is 20.2 Å². The molecule has 0 saturated carbocycles. The van der Waals surface area contributed by atoms with Gasteiger partial charge in [-0.2, -0.15) is 4.80 Å². The number of carbonyl (C=O) groups excluding carboxylic acids is 1. The Balaban J connectivity index is 2.07. The second-order valence-corrected chi connectivity index (χ2v) is 4.16. The topological polar surface area (TPSA) is 69.9 Å². The number of tetrazole rings is 1. The summed E-state index contributed by atoms with van der Waals surface area (Å²) < 4.78 is 4.90. The SMILES string of the molecule is CCOC(=O)CC(C)n1nnc(-c2ccccc2)n1. The molecule has 0 N–H and O–H groups in total. The molecule has 0 aliphatic heterocycles. The van der Waals surface area contributed by atoms with Gasteiger partial charge in [-0.3, -0.25) is 4.79 Å². The number of rotatable bonds is 5. The molecule has 1 atom stereocenters. The van der Waals surface area contributed by atoms with E-state index in [1.165, 1.54) is 4.80 Å². The lowest BCUT2D eigenvalue weighted by Crippen LogP contribution is -2.15. The normalized spacial score (nSPS) is 12.1. The monoisotopic (exact) mass is 260 g/mol. The van der Waals surface area contributed by atoms with E-state index in [-0.39, 0.29) is 18.4 Å². The van der Waals surface area contributed by atoms with Crippen LogP contribution in [-0.2, 0) is 9.53 Å².